The van der Waals surface area contributed by atoms with Crippen molar-refractivity contribution in [1.29, 1.82) is 0 Å². The second kappa shape index (κ2) is 6.08. The van der Waals surface area contributed by atoms with Crippen molar-refractivity contribution in [1.82, 2.24) is 24.8 Å². The van der Waals surface area contributed by atoms with Gasteiger partial charge in [-0.1, -0.05) is 0 Å². The molecule has 7 nitrogen and oxygen atoms in total. The Labute approximate surface area is 127 Å². The van der Waals surface area contributed by atoms with Crippen molar-refractivity contribution in [2.24, 2.45) is 7.05 Å². The Kier molecular flexibility index (Phi) is 3.99. The van der Waals surface area contributed by atoms with E-state index in [9.17, 15) is 9.18 Å². The molecule has 2 aromatic rings. The van der Waals surface area contributed by atoms with Crippen LogP contribution >= 0.6 is 0 Å². The first-order chi connectivity index (χ1) is 10.6. The zero-order valence-corrected chi connectivity index (χ0v) is 12.2. The predicted octanol–water partition coefficient (Wildman–Crippen LogP) is 0.748. The number of anilines is 1. The summed E-state index contributed by atoms with van der Waals surface area (Å²) in [6.07, 6.45) is 7.37. The Morgan fingerprint density at radius 1 is 1.36 bits per heavy atom. The first-order valence-corrected chi connectivity index (χ1v) is 7.13. The van der Waals surface area contributed by atoms with Crippen LogP contribution in [0, 0.1) is 5.82 Å². The Balaban J connectivity index is 1.63. The number of aryl methyl sites for hydroxylation is 1. The Bertz CT molecular complexity index is 656. The number of nitrogens with zero attached hydrogens (tertiary/aromatic N) is 5. The molecule has 0 aliphatic carbocycles. The van der Waals surface area contributed by atoms with Crippen molar-refractivity contribution >= 4 is 11.9 Å². The minimum atomic E-state index is -0.458. The average Bonchev–Trinajstić information content (AvgIpc) is 2.95. The maximum atomic E-state index is 12.9. The van der Waals surface area contributed by atoms with E-state index in [1.165, 1.54) is 0 Å². The van der Waals surface area contributed by atoms with Gasteiger partial charge in [-0.25, -0.2) is 19.3 Å². The molecule has 1 aliphatic rings. The van der Waals surface area contributed by atoms with Gasteiger partial charge in [0.2, 0.25) is 5.95 Å². The van der Waals surface area contributed by atoms with Crippen LogP contribution < -0.4 is 10.2 Å². The summed E-state index contributed by atoms with van der Waals surface area (Å²) in [5.41, 5.74) is 0.401. The summed E-state index contributed by atoms with van der Waals surface area (Å²) in [5, 5.41) is 2.97. The van der Waals surface area contributed by atoms with Crippen LogP contribution in [0.5, 0.6) is 0 Å². The van der Waals surface area contributed by atoms with E-state index in [0.29, 0.717) is 18.2 Å². The third kappa shape index (κ3) is 3.21. The van der Waals surface area contributed by atoms with Crippen LogP contribution in [0.3, 0.4) is 0 Å². The summed E-state index contributed by atoms with van der Waals surface area (Å²) >= 11 is 0. The summed E-state index contributed by atoms with van der Waals surface area (Å²) in [5.74, 6) is -0.161. The molecular formula is C14H17FN6O. The average molecular weight is 304 g/mol. The molecule has 3 heterocycles. The zero-order valence-electron chi connectivity index (χ0n) is 12.2. The standard InChI is InChI=1S/C14H17FN6O/c1-20-8-12(18-9-20)13(22)19-11-3-2-4-21(7-11)14-16-5-10(15)6-17-14/h5-6,8-9,11H,2-4,7H2,1H3,(H,19,22). The van der Waals surface area contributed by atoms with Crippen LogP contribution in [0.2, 0.25) is 0 Å². The highest BCUT2D eigenvalue weighted by atomic mass is 19.1. The molecule has 0 radical (unpaired) electrons. The van der Waals surface area contributed by atoms with Gasteiger partial charge in [-0.3, -0.25) is 4.79 Å². The molecule has 0 bridgehead atoms. The molecule has 116 valence electrons. The molecule has 1 amide bonds. The minimum Gasteiger partial charge on any atom is -0.346 e. The molecule has 8 heteroatoms. The smallest absolute Gasteiger partial charge is 0.271 e. The van der Waals surface area contributed by atoms with Crippen LogP contribution in [-0.4, -0.2) is 44.6 Å². The summed E-state index contributed by atoms with van der Waals surface area (Å²) < 4.78 is 14.6. The van der Waals surface area contributed by atoms with Gasteiger partial charge in [-0.2, -0.15) is 0 Å². The van der Waals surface area contributed by atoms with Crippen LogP contribution in [0.15, 0.2) is 24.9 Å². The molecule has 1 saturated heterocycles. The van der Waals surface area contributed by atoms with Gasteiger partial charge in [0.05, 0.1) is 18.7 Å². The normalized spacial score (nSPS) is 18.3. The monoisotopic (exact) mass is 304 g/mol. The quantitative estimate of drug-likeness (QED) is 0.905. The van der Waals surface area contributed by atoms with Crippen molar-refractivity contribution in [3.63, 3.8) is 0 Å². The molecule has 0 saturated carbocycles. The van der Waals surface area contributed by atoms with Gasteiger partial charge >= 0.3 is 0 Å². The summed E-state index contributed by atoms with van der Waals surface area (Å²) in [4.78, 5) is 26.1. The fourth-order valence-electron chi connectivity index (χ4n) is 2.53. The maximum absolute atomic E-state index is 12.9. The lowest BCUT2D eigenvalue weighted by Crippen LogP contribution is -2.48. The van der Waals surface area contributed by atoms with E-state index in [2.05, 4.69) is 20.3 Å². The highest BCUT2D eigenvalue weighted by Crippen LogP contribution is 2.16. The van der Waals surface area contributed by atoms with Crippen LogP contribution in [0.25, 0.3) is 0 Å². The molecule has 22 heavy (non-hydrogen) atoms. The predicted molar refractivity (Wildman–Crippen MR) is 77.9 cm³/mol. The number of aromatic nitrogens is 4. The van der Waals surface area contributed by atoms with Crippen molar-refractivity contribution in [2.75, 3.05) is 18.0 Å². The molecule has 2 aromatic heterocycles. The molecule has 1 atom stereocenters. The lowest BCUT2D eigenvalue weighted by molar-refractivity contribution is 0.0928. The van der Waals surface area contributed by atoms with E-state index in [0.717, 1.165) is 31.8 Å². The number of rotatable bonds is 3. The number of carbonyl (C=O) groups excluding carboxylic acids is 1. The van der Waals surface area contributed by atoms with E-state index in [-0.39, 0.29) is 11.9 Å². The Morgan fingerprint density at radius 3 is 2.82 bits per heavy atom. The van der Waals surface area contributed by atoms with E-state index in [1.54, 1.807) is 17.1 Å². The lowest BCUT2D eigenvalue weighted by atomic mass is 10.1. The zero-order chi connectivity index (χ0) is 15.5. The molecule has 1 fully saturated rings. The topological polar surface area (TPSA) is 75.9 Å². The van der Waals surface area contributed by atoms with Gasteiger partial charge in [0.25, 0.3) is 5.91 Å². The maximum Gasteiger partial charge on any atom is 0.271 e. The van der Waals surface area contributed by atoms with Crippen LogP contribution in [0.4, 0.5) is 10.3 Å². The van der Waals surface area contributed by atoms with Gasteiger partial charge in [0, 0.05) is 32.4 Å². The largest absolute Gasteiger partial charge is 0.346 e. The van der Waals surface area contributed by atoms with Gasteiger partial charge in [-0.05, 0) is 12.8 Å². The molecule has 0 aromatic carbocycles. The fraction of sp³-hybridized carbons (Fsp3) is 0.429. The van der Waals surface area contributed by atoms with Gasteiger partial charge < -0.3 is 14.8 Å². The molecule has 1 aliphatic heterocycles. The third-order valence-electron chi connectivity index (χ3n) is 3.58. The number of nitrogens with one attached hydrogen (secondary N) is 1. The number of halogens is 1. The number of hydrogen-bond acceptors (Lipinski definition) is 5. The number of hydrogen-bond donors (Lipinski definition) is 1. The second-order valence-corrected chi connectivity index (χ2v) is 5.38. The van der Waals surface area contributed by atoms with Crippen molar-refractivity contribution in [2.45, 2.75) is 18.9 Å². The Hall–Kier alpha value is -2.51. The van der Waals surface area contributed by atoms with E-state index in [1.807, 2.05) is 11.9 Å². The SMILES string of the molecule is Cn1cnc(C(=O)NC2CCCN(c3ncc(F)cn3)C2)c1. The van der Waals surface area contributed by atoms with Crippen molar-refractivity contribution < 1.29 is 9.18 Å². The number of imidazole rings is 1. The lowest BCUT2D eigenvalue weighted by Gasteiger charge is -2.32. The van der Waals surface area contributed by atoms with E-state index < -0.39 is 5.82 Å². The van der Waals surface area contributed by atoms with Crippen molar-refractivity contribution in [3.8, 4) is 0 Å². The molecule has 0 spiro atoms. The number of carbonyl (C=O) groups is 1. The van der Waals surface area contributed by atoms with Crippen LogP contribution in [0.1, 0.15) is 23.3 Å². The third-order valence-corrected chi connectivity index (χ3v) is 3.58. The first-order valence-electron chi connectivity index (χ1n) is 7.13. The molecule has 1 unspecified atom stereocenters. The minimum absolute atomic E-state index is 0.00286. The van der Waals surface area contributed by atoms with E-state index >= 15 is 0 Å². The van der Waals surface area contributed by atoms with Gasteiger partial charge in [0.15, 0.2) is 5.82 Å². The summed E-state index contributed by atoms with van der Waals surface area (Å²) in [7, 11) is 1.82. The fourth-order valence-corrected chi connectivity index (χ4v) is 2.53. The van der Waals surface area contributed by atoms with Crippen molar-refractivity contribution in [3.05, 3.63) is 36.4 Å². The summed E-state index contributed by atoms with van der Waals surface area (Å²) in [6, 6.07) is -0.00286. The highest BCUT2D eigenvalue weighted by Gasteiger charge is 2.24. The summed E-state index contributed by atoms with van der Waals surface area (Å²) in [6.45, 7) is 1.39. The van der Waals surface area contributed by atoms with Gasteiger partial charge in [0.1, 0.15) is 5.69 Å². The number of piperidine rings is 1. The first kappa shape index (κ1) is 14.4. The van der Waals surface area contributed by atoms with Gasteiger partial charge in [-0.15, -0.1) is 0 Å². The Morgan fingerprint density at radius 2 is 2.14 bits per heavy atom. The second-order valence-electron chi connectivity index (χ2n) is 5.38. The van der Waals surface area contributed by atoms with E-state index in [4.69, 9.17) is 0 Å². The molecule has 3 rings (SSSR count). The van der Waals surface area contributed by atoms with Crippen LogP contribution in [-0.2, 0) is 7.05 Å². The molecular weight excluding hydrogens is 287 g/mol. The highest BCUT2D eigenvalue weighted by molar-refractivity contribution is 5.92. The molecule has 1 N–H and O–H groups in total. The number of amides is 1.